The molecule has 4 aliphatic heterocycles. The Kier molecular flexibility index (Phi) is 4.31. The number of benzene rings is 1. The highest BCUT2D eigenvalue weighted by Crippen LogP contribution is 2.47. The summed E-state index contributed by atoms with van der Waals surface area (Å²) in [6.07, 6.45) is 5.55. The van der Waals surface area contributed by atoms with Crippen molar-refractivity contribution >= 4 is 5.91 Å². The summed E-state index contributed by atoms with van der Waals surface area (Å²) in [4.78, 5) is 26.6. The molecule has 1 aromatic heterocycles. The van der Waals surface area contributed by atoms with Crippen molar-refractivity contribution in [1.82, 2.24) is 19.8 Å². The third-order valence-corrected chi connectivity index (χ3v) is 6.94. The number of piperidine rings is 3. The van der Waals surface area contributed by atoms with Gasteiger partial charge in [-0.15, -0.1) is 0 Å². The Morgan fingerprint density at radius 1 is 1.14 bits per heavy atom. The van der Waals surface area contributed by atoms with Gasteiger partial charge in [0.05, 0.1) is 24.4 Å². The molecule has 6 rings (SSSR count). The van der Waals surface area contributed by atoms with Crippen molar-refractivity contribution in [3.63, 3.8) is 0 Å². The first-order valence-corrected chi connectivity index (χ1v) is 10.1. The third kappa shape index (κ3) is 2.70. The number of amides is 1. The van der Waals surface area contributed by atoms with Crippen molar-refractivity contribution < 1.29 is 9.53 Å². The highest BCUT2D eigenvalue weighted by molar-refractivity contribution is 5.95. The molecule has 2 aromatic rings. The number of aromatic nitrogens is 2. The molecule has 0 aliphatic carbocycles. The van der Waals surface area contributed by atoms with Gasteiger partial charge in [0.2, 0.25) is 0 Å². The predicted octanol–water partition coefficient (Wildman–Crippen LogP) is 2.50. The average Bonchev–Trinajstić information content (AvgIpc) is 3.17. The average molecular weight is 378 g/mol. The number of methoxy groups -OCH3 is 1. The van der Waals surface area contributed by atoms with Gasteiger partial charge in [-0.05, 0) is 56.5 Å². The predicted molar refractivity (Wildman–Crippen MR) is 105 cm³/mol. The van der Waals surface area contributed by atoms with Crippen LogP contribution in [-0.2, 0) is 0 Å². The topological polar surface area (TPSA) is 58.6 Å². The van der Waals surface area contributed by atoms with Crippen LogP contribution in [0, 0.1) is 12.8 Å². The molecular weight excluding hydrogens is 352 g/mol. The molecule has 0 radical (unpaired) electrons. The maximum absolute atomic E-state index is 13.5. The molecule has 5 heterocycles. The smallest absolute Gasteiger partial charge is 0.257 e. The highest BCUT2D eigenvalue weighted by atomic mass is 16.5. The van der Waals surface area contributed by atoms with E-state index < -0.39 is 0 Å². The number of likely N-dealkylation sites (tertiary alicyclic amines) is 1. The number of carbonyl (C=O) groups is 1. The van der Waals surface area contributed by atoms with Crippen molar-refractivity contribution in [2.45, 2.75) is 37.8 Å². The number of rotatable bonds is 3. The van der Waals surface area contributed by atoms with Gasteiger partial charge in [0.1, 0.15) is 12.1 Å². The number of carbonyl (C=O) groups excluding carboxylic acids is 1. The molecule has 0 N–H and O–H groups in total. The summed E-state index contributed by atoms with van der Waals surface area (Å²) in [5.41, 5.74) is 2.68. The summed E-state index contributed by atoms with van der Waals surface area (Å²) in [5, 5.41) is 0. The van der Waals surface area contributed by atoms with E-state index >= 15 is 0 Å². The normalized spacial score (nSPS) is 30.9. The first-order chi connectivity index (χ1) is 13.7. The fraction of sp³-hybridized carbons (Fsp3) is 0.500. The lowest BCUT2D eigenvalue weighted by molar-refractivity contribution is -0.00345. The van der Waals surface area contributed by atoms with E-state index in [0.29, 0.717) is 23.4 Å². The molecule has 1 amide bonds. The van der Waals surface area contributed by atoms with Crippen LogP contribution in [0.15, 0.2) is 36.8 Å². The fourth-order valence-corrected chi connectivity index (χ4v) is 5.55. The van der Waals surface area contributed by atoms with Gasteiger partial charge in [-0.3, -0.25) is 9.69 Å². The zero-order chi connectivity index (χ0) is 19.3. The number of hydrogen-bond donors (Lipinski definition) is 0. The van der Waals surface area contributed by atoms with Crippen LogP contribution in [0.25, 0.3) is 0 Å². The summed E-state index contributed by atoms with van der Waals surface area (Å²) in [6.45, 7) is 4.93. The minimum absolute atomic E-state index is 0.0814. The van der Waals surface area contributed by atoms with Gasteiger partial charge >= 0.3 is 0 Å². The molecule has 1 aromatic carbocycles. The van der Waals surface area contributed by atoms with E-state index in [0.717, 1.165) is 31.1 Å². The second-order valence-electron chi connectivity index (χ2n) is 8.21. The van der Waals surface area contributed by atoms with Gasteiger partial charge in [-0.25, -0.2) is 9.97 Å². The van der Waals surface area contributed by atoms with Crippen molar-refractivity contribution in [3.8, 4) is 5.75 Å². The summed E-state index contributed by atoms with van der Waals surface area (Å²) >= 11 is 0. The van der Waals surface area contributed by atoms with E-state index in [9.17, 15) is 4.79 Å². The van der Waals surface area contributed by atoms with Crippen LogP contribution in [0.2, 0.25) is 0 Å². The quantitative estimate of drug-likeness (QED) is 0.821. The first kappa shape index (κ1) is 17.6. The maximum Gasteiger partial charge on any atom is 0.257 e. The van der Waals surface area contributed by atoms with Crippen LogP contribution >= 0.6 is 0 Å². The molecule has 0 unspecified atom stereocenters. The lowest BCUT2D eigenvalue weighted by Gasteiger charge is -2.51. The lowest BCUT2D eigenvalue weighted by atomic mass is 9.75. The summed E-state index contributed by atoms with van der Waals surface area (Å²) in [7, 11) is 1.69. The van der Waals surface area contributed by atoms with Crippen LogP contribution in [0.5, 0.6) is 5.75 Å². The van der Waals surface area contributed by atoms with E-state index in [-0.39, 0.29) is 11.9 Å². The fourth-order valence-electron chi connectivity index (χ4n) is 5.55. The third-order valence-electron chi connectivity index (χ3n) is 6.94. The SMILES string of the molecule is COc1ccc([C@@H]2CN(C(=O)c3cncnc3C)[C@@H]3C4CCN(CC4)[C@@H]32)cc1. The number of nitrogens with zero attached hydrogens (tertiary/aromatic N) is 4. The Balaban J connectivity index is 1.52. The van der Waals surface area contributed by atoms with Gasteiger partial charge in [-0.2, -0.15) is 0 Å². The van der Waals surface area contributed by atoms with E-state index in [1.54, 1.807) is 13.3 Å². The molecule has 2 bridgehead atoms. The highest BCUT2D eigenvalue weighted by Gasteiger charge is 2.54. The second-order valence-corrected chi connectivity index (χ2v) is 8.21. The monoisotopic (exact) mass is 378 g/mol. The van der Waals surface area contributed by atoms with Crippen LogP contribution in [0.3, 0.4) is 0 Å². The first-order valence-electron chi connectivity index (χ1n) is 10.1. The van der Waals surface area contributed by atoms with Crippen LogP contribution in [-0.4, -0.2) is 64.5 Å². The van der Waals surface area contributed by atoms with E-state index in [4.69, 9.17) is 4.74 Å². The molecule has 4 fully saturated rings. The molecule has 28 heavy (non-hydrogen) atoms. The van der Waals surface area contributed by atoms with E-state index in [1.165, 1.54) is 24.7 Å². The van der Waals surface area contributed by atoms with Crippen molar-refractivity contribution in [3.05, 3.63) is 53.6 Å². The summed E-state index contributed by atoms with van der Waals surface area (Å²) in [5.74, 6) is 1.87. The molecule has 4 aliphatic rings. The van der Waals surface area contributed by atoms with Gasteiger partial charge in [0.15, 0.2) is 0 Å². The Morgan fingerprint density at radius 3 is 2.57 bits per heavy atom. The molecule has 4 saturated heterocycles. The summed E-state index contributed by atoms with van der Waals surface area (Å²) in [6, 6.07) is 9.06. The molecular formula is C22H26N4O2. The minimum atomic E-state index is 0.0814. The van der Waals surface area contributed by atoms with Gasteiger partial charge in [0.25, 0.3) is 5.91 Å². The molecule has 3 atom stereocenters. The Hall–Kier alpha value is -2.47. The van der Waals surface area contributed by atoms with Crippen LogP contribution in [0.4, 0.5) is 0 Å². The van der Waals surface area contributed by atoms with E-state index in [1.807, 2.05) is 19.1 Å². The Bertz CT molecular complexity index is 876. The van der Waals surface area contributed by atoms with Gasteiger partial charge in [-0.1, -0.05) is 12.1 Å². The second kappa shape index (κ2) is 6.85. The summed E-state index contributed by atoms with van der Waals surface area (Å²) < 4.78 is 5.33. The zero-order valence-electron chi connectivity index (χ0n) is 16.4. The molecule has 0 saturated carbocycles. The molecule has 6 heteroatoms. The Morgan fingerprint density at radius 2 is 1.89 bits per heavy atom. The Labute approximate surface area is 165 Å². The maximum atomic E-state index is 13.5. The number of fused-ring (bicyclic) bond motifs is 2. The van der Waals surface area contributed by atoms with Crippen molar-refractivity contribution in [2.75, 3.05) is 26.7 Å². The lowest BCUT2D eigenvalue weighted by Crippen LogP contribution is -2.60. The number of aryl methyl sites for hydroxylation is 1. The van der Waals surface area contributed by atoms with Gasteiger partial charge < -0.3 is 9.64 Å². The van der Waals surface area contributed by atoms with Crippen molar-refractivity contribution in [2.24, 2.45) is 5.92 Å². The van der Waals surface area contributed by atoms with Gasteiger partial charge in [0, 0.05) is 24.7 Å². The molecule has 0 spiro atoms. The zero-order valence-corrected chi connectivity index (χ0v) is 16.4. The van der Waals surface area contributed by atoms with E-state index in [2.05, 4.69) is 31.9 Å². The minimum Gasteiger partial charge on any atom is -0.497 e. The molecule has 146 valence electrons. The van der Waals surface area contributed by atoms with Crippen LogP contribution in [0.1, 0.15) is 40.4 Å². The van der Waals surface area contributed by atoms with Crippen LogP contribution < -0.4 is 4.74 Å². The number of hydrogen-bond acceptors (Lipinski definition) is 5. The number of ether oxygens (including phenoxy) is 1. The van der Waals surface area contributed by atoms with Crippen molar-refractivity contribution in [1.29, 1.82) is 0 Å². The molecule has 6 nitrogen and oxygen atoms in total. The largest absolute Gasteiger partial charge is 0.497 e. The standard InChI is InChI=1S/C22H26N4O2/c1-14-18(11-23-13-24-14)22(27)26-12-19(15-3-5-17(28-2)6-4-15)21-20(26)16-7-9-25(21)10-8-16/h3-6,11,13,16,19-21H,7-10,12H2,1-2H3/t19-,20+,21+/m0/s1.